The lowest BCUT2D eigenvalue weighted by Gasteiger charge is -1.96. The molecule has 0 unspecified atom stereocenters. The van der Waals surface area contributed by atoms with Crippen molar-refractivity contribution in [2.24, 2.45) is 0 Å². The zero-order valence-corrected chi connectivity index (χ0v) is 7.35. The highest BCUT2D eigenvalue weighted by atomic mass is 19.1. The lowest BCUT2D eigenvalue weighted by molar-refractivity contribution is 0.0688. The Kier molecular flexibility index (Phi) is 1.96. The number of pyridine rings is 1. The molecule has 76 valence electrons. The van der Waals surface area contributed by atoms with Crippen LogP contribution in [0.5, 0.6) is 0 Å². The van der Waals surface area contributed by atoms with Gasteiger partial charge in [0.15, 0.2) is 17.9 Å². The Balaban J connectivity index is 2.92. The van der Waals surface area contributed by atoms with Gasteiger partial charge in [-0.2, -0.15) is 4.39 Å². The van der Waals surface area contributed by atoms with Crippen molar-refractivity contribution in [3.05, 3.63) is 35.5 Å². The highest BCUT2D eigenvalue weighted by Crippen LogP contribution is 2.13. The molecule has 0 saturated carbocycles. The van der Waals surface area contributed by atoms with Gasteiger partial charge >= 0.3 is 5.97 Å². The van der Waals surface area contributed by atoms with E-state index in [1.54, 1.807) is 0 Å². The van der Waals surface area contributed by atoms with Crippen LogP contribution in [0, 0.1) is 5.95 Å². The summed E-state index contributed by atoms with van der Waals surface area (Å²) in [6, 6.07) is 3.92. The number of fused-ring (bicyclic) bond motifs is 1. The summed E-state index contributed by atoms with van der Waals surface area (Å²) in [7, 11) is 0. The minimum absolute atomic E-state index is 0.0921. The third-order valence-electron chi connectivity index (χ3n) is 1.95. The first kappa shape index (κ1) is 9.32. The Hall–Kier alpha value is -2.24. The molecule has 2 aromatic heterocycles. The van der Waals surface area contributed by atoms with E-state index in [2.05, 4.69) is 4.98 Å². The smallest absolute Gasteiger partial charge is 0.356 e. The van der Waals surface area contributed by atoms with E-state index in [0.29, 0.717) is 0 Å². The van der Waals surface area contributed by atoms with Crippen molar-refractivity contribution in [3.8, 4) is 0 Å². The van der Waals surface area contributed by atoms with Crippen LogP contribution >= 0.6 is 0 Å². The maximum absolute atomic E-state index is 13.3. The zero-order valence-electron chi connectivity index (χ0n) is 7.35. The van der Waals surface area contributed by atoms with E-state index in [-0.39, 0.29) is 17.6 Å². The summed E-state index contributed by atoms with van der Waals surface area (Å²) < 4.78 is 14.1. The first-order valence-electron chi connectivity index (χ1n) is 4.00. The number of nitrogens with zero attached hydrogens (tertiary/aromatic N) is 2. The number of aromatic carboxylic acids is 1. The molecule has 0 aliphatic carbocycles. The summed E-state index contributed by atoms with van der Waals surface area (Å²) in [5.41, 5.74) is -0.653. The third-order valence-corrected chi connectivity index (χ3v) is 1.95. The summed E-state index contributed by atoms with van der Waals surface area (Å²) in [6.45, 7) is 0. The van der Waals surface area contributed by atoms with Gasteiger partial charge in [-0.1, -0.05) is 6.07 Å². The van der Waals surface area contributed by atoms with Gasteiger partial charge in [0.05, 0.1) is 0 Å². The van der Waals surface area contributed by atoms with E-state index < -0.39 is 17.6 Å². The van der Waals surface area contributed by atoms with Crippen molar-refractivity contribution in [1.29, 1.82) is 0 Å². The van der Waals surface area contributed by atoms with Crippen LogP contribution in [0.3, 0.4) is 0 Å². The van der Waals surface area contributed by atoms with Crippen molar-refractivity contribution in [2.75, 3.05) is 0 Å². The second-order valence-corrected chi connectivity index (χ2v) is 2.81. The lowest BCUT2D eigenvalue weighted by atomic mass is 10.3. The normalized spacial score (nSPS) is 10.5. The highest BCUT2D eigenvalue weighted by Gasteiger charge is 2.19. The number of carbonyl (C=O) groups is 2. The molecular formula is C9H5FN2O3. The maximum atomic E-state index is 13.3. The maximum Gasteiger partial charge on any atom is 0.356 e. The largest absolute Gasteiger partial charge is 0.476 e. The number of rotatable bonds is 2. The van der Waals surface area contributed by atoms with Crippen LogP contribution in [0.15, 0.2) is 18.2 Å². The van der Waals surface area contributed by atoms with Crippen LogP contribution in [0.1, 0.15) is 21.0 Å². The molecule has 6 heteroatoms. The van der Waals surface area contributed by atoms with E-state index >= 15 is 0 Å². The van der Waals surface area contributed by atoms with E-state index in [1.165, 1.54) is 12.1 Å². The summed E-state index contributed by atoms with van der Waals surface area (Å²) in [5, 5.41) is 8.73. The molecule has 0 saturated heterocycles. The number of carboxylic acids is 1. The Labute approximate surface area is 82.8 Å². The fourth-order valence-electron chi connectivity index (χ4n) is 1.34. The van der Waals surface area contributed by atoms with E-state index in [4.69, 9.17) is 5.11 Å². The molecular weight excluding hydrogens is 203 g/mol. The van der Waals surface area contributed by atoms with E-state index in [9.17, 15) is 14.0 Å². The van der Waals surface area contributed by atoms with Crippen molar-refractivity contribution >= 4 is 17.9 Å². The number of carbonyl (C=O) groups excluding carboxylic acids is 1. The molecule has 0 spiro atoms. The Morgan fingerprint density at radius 1 is 1.53 bits per heavy atom. The number of carboxylic acid groups (broad SMARTS) is 1. The molecule has 0 amide bonds. The van der Waals surface area contributed by atoms with Crippen molar-refractivity contribution in [3.63, 3.8) is 0 Å². The summed E-state index contributed by atoms with van der Waals surface area (Å²) in [5.74, 6) is -2.09. The van der Waals surface area contributed by atoms with Gasteiger partial charge in [-0.05, 0) is 12.1 Å². The number of aromatic nitrogens is 2. The average molecular weight is 208 g/mol. The van der Waals surface area contributed by atoms with E-state index in [0.717, 1.165) is 10.5 Å². The average Bonchev–Trinajstić information content (AvgIpc) is 2.57. The van der Waals surface area contributed by atoms with Crippen LogP contribution in [0.4, 0.5) is 4.39 Å². The van der Waals surface area contributed by atoms with Gasteiger partial charge in [0.25, 0.3) is 0 Å². The SMILES string of the molecule is O=Cc1c(C(=O)O)nc2cccc(F)n12. The van der Waals surface area contributed by atoms with Gasteiger partial charge in [0.2, 0.25) is 0 Å². The van der Waals surface area contributed by atoms with E-state index in [1.807, 2.05) is 0 Å². The summed E-state index contributed by atoms with van der Waals surface area (Å²) >= 11 is 0. The quantitative estimate of drug-likeness (QED) is 0.590. The number of aldehydes is 1. The number of imidazole rings is 1. The molecule has 2 rings (SSSR count). The molecule has 15 heavy (non-hydrogen) atoms. The monoisotopic (exact) mass is 208 g/mol. The van der Waals surface area contributed by atoms with Gasteiger partial charge in [-0.25, -0.2) is 9.78 Å². The molecule has 0 aliphatic heterocycles. The summed E-state index contributed by atoms with van der Waals surface area (Å²) in [6.07, 6.45) is 0.270. The second-order valence-electron chi connectivity index (χ2n) is 2.81. The zero-order chi connectivity index (χ0) is 11.0. The van der Waals surface area contributed by atoms with Crippen molar-refractivity contribution in [2.45, 2.75) is 0 Å². The Bertz CT molecular complexity index is 562. The standard InChI is InChI=1S/C9H5FN2O3/c10-6-2-1-3-7-11-8(9(14)15)5(4-13)12(6)7/h1-4H,(H,14,15). The minimum Gasteiger partial charge on any atom is -0.476 e. The van der Waals surface area contributed by atoms with Crippen LogP contribution < -0.4 is 0 Å². The number of hydrogen-bond donors (Lipinski definition) is 1. The van der Waals surface area contributed by atoms with Gasteiger partial charge in [-0.3, -0.25) is 9.20 Å². The first-order chi connectivity index (χ1) is 7.15. The van der Waals surface area contributed by atoms with Gasteiger partial charge in [0.1, 0.15) is 11.3 Å². The summed E-state index contributed by atoms with van der Waals surface area (Å²) in [4.78, 5) is 25.0. The molecule has 2 heterocycles. The van der Waals surface area contributed by atoms with Crippen molar-refractivity contribution < 1.29 is 19.1 Å². The van der Waals surface area contributed by atoms with Gasteiger partial charge in [0, 0.05) is 0 Å². The van der Waals surface area contributed by atoms with Gasteiger partial charge < -0.3 is 5.11 Å². The molecule has 0 fully saturated rings. The number of hydrogen-bond acceptors (Lipinski definition) is 3. The predicted octanol–water partition coefficient (Wildman–Crippen LogP) is 0.984. The molecule has 2 aromatic rings. The fraction of sp³-hybridized carbons (Fsp3) is 0. The molecule has 0 aliphatic rings. The molecule has 0 bridgehead atoms. The van der Waals surface area contributed by atoms with Crippen LogP contribution in [-0.2, 0) is 0 Å². The first-order valence-corrected chi connectivity index (χ1v) is 4.00. The molecule has 0 aromatic carbocycles. The molecule has 5 nitrogen and oxygen atoms in total. The Morgan fingerprint density at radius 2 is 2.27 bits per heavy atom. The molecule has 0 radical (unpaired) electrons. The topological polar surface area (TPSA) is 71.7 Å². The van der Waals surface area contributed by atoms with Crippen LogP contribution in [-0.4, -0.2) is 26.7 Å². The lowest BCUT2D eigenvalue weighted by Crippen LogP contribution is -2.03. The predicted molar refractivity (Wildman–Crippen MR) is 47.5 cm³/mol. The molecule has 0 atom stereocenters. The second kappa shape index (κ2) is 3.16. The van der Waals surface area contributed by atoms with Gasteiger partial charge in [-0.15, -0.1) is 0 Å². The number of halogens is 1. The molecule has 1 N–H and O–H groups in total. The Morgan fingerprint density at radius 3 is 2.87 bits per heavy atom. The van der Waals surface area contributed by atoms with Crippen LogP contribution in [0.25, 0.3) is 5.65 Å². The van der Waals surface area contributed by atoms with Crippen LogP contribution in [0.2, 0.25) is 0 Å². The third kappa shape index (κ3) is 1.26. The van der Waals surface area contributed by atoms with Crippen molar-refractivity contribution in [1.82, 2.24) is 9.38 Å². The highest BCUT2D eigenvalue weighted by molar-refractivity contribution is 5.95. The fourth-order valence-corrected chi connectivity index (χ4v) is 1.34. The minimum atomic E-state index is -1.36.